The molecule has 0 fully saturated rings. The zero-order valence-corrected chi connectivity index (χ0v) is 18.9. The molecule has 8 heteroatoms. The molecule has 5 aromatic rings. The predicted molar refractivity (Wildman–Crippen MR) is 126 cm³/mol. The van der Waals surface area contributed by atoms with Crippen molar-refractivity contribution < 1.29 is 9.52 Å². The predicted octanol–water partition coefficient (Wildman–Crippen LogP) is 4.63. The molecule has 2 aromatic carbocycles. The van der Waals surface area contributed by atoms with Gasteiger partial charge in [0.05, 0.1) is 18.8 Å². The number of fused-ring (bicyclic) bond motifs is 1. The summed E-state index contributed by atoms with van der Waals surface area (Å²) < 4.78 is 8.90. The quantitative estimate of drug-likeness (QED) is 0.413. The molecule has 0 aliphatic heterocycles. The molecule has 3 heterocycles. The summed E-state index contributed by atoms with van der Waals surface area (Å²) in [5.74, 6) is 1.10. The fourth-order valence-corrected chi connectivity index (χ4v) is 3.95. The highest BCUT2D eigenvalue weighted by Crippen LogP contribution is 2.26. The summed E-state index contributed by atoms with van der Waals surface area (Å²) in [7, 11) is 0. The number of aromatic nitrogens is 4. The van der Waals surface area contributed by atoms with Crippen molar-refractivity contribution in [2.75, 3.05) is 0 Å². The molecule has 166 valence electrons. The lowest BCUT2D eigenvalue weighted by molar-refractivity contribution is 0.283. The van der Waals surface area contributed by atoms with Gasteiger partial charge in [-0.15, -0.1) is 0 Å². The maximum atomic E-state index is 13.4. The molecule has 0 saturated heterocycles. The van der Waals surface area contributed by atoms with Crippen molar-refractivity contribution in [3.63, 3.8) is 0 Å². The number of benzene rings is 2. The van der Waals surface area contributed by atoms with Crippen molar-refractivity contribution in [1.82, 2.24) is 19.2 Å². The van der Waals surface area contributed by atoms with Crippen LogP contribution in [-0.2, 0) is 13.2 Å². The largest absolute Gasteiger partial charge is 0.441 e. The molecule has 0 atom stereocenters. The zero-order chi connectivity index (χ0) is 23.1. The third-order valence-corrected chi connectivity index (χ3v) is 5.90. The van der Waals surface area contributed by atoms with Gasteiger partial charge in [0.25, 0.3) is 5.56 Å². The fraction of sp³-hybridized carbons (Fsp3) is 0.160. The van der Waals surface area contributed by atoms with Crippen LogP contribution in [0.3, 0.4) is 0 Å². The number of rotatable bonds is 5. The Bertz CT molecular complexity index is 1510. The van der Waals surface area contributed by atoms with E-state index < -0.39 is 0 Å². The molecule has 33 heavy (non-hydrogen) atoms. The van der Waals surface area contributed by atoms with Crippen molar-refractivity contribution in [3.8, 4) is 22.7 Å². The van der Waals surface area contributed by atoms with Crippen molar-refractivity contribution in [2.24, 2.45) is 0 Å². The molecule has 0 radical (unpaired) electrons. The van der Waals surface area contributed by atoms with Gasteiger partial charge in [-0.2, -0.15) is 5.10 Å². The van der Waals surface area contributed by atoms with Crippen molar-refractivity contribution in [1.29, 1.82) is 0 Å². The van der Waals surface area contributed by atoms with Crippen LogP contribution in [0.5, 0.6) is 0 Å². The van der Waals surface area contributed by atoms with Crippen LogP contribution in [-0.4, -0.2) is 24.3 Å². The molecule has 0 aliphatic carbocycles. The number of nitrogens with zero attached hydrogens (tertiary/aromatic N) is 4. The van der Waals surface area contributed by atoms with Crippen LogP contribution >= 0.6 is 11.6 Å². The van der Waals surface area contributed by atoms with E-state index >= 15 is 0 Å². The molecule has 0 amide bonds. The van der Waals surface area contributed by atoms with E-state index in [0.29, 0.717) is 39.1 Å². The lowest BCUT2D eigenvalue weighted by Crippen LogP contribution is -2.23. The van der Waals surface area contributed by atoms with E-state index in [9.17, 15) is 9.90 Å². The van der Waals surface area contributed by atoms with Crippen LogP contribution in [0.1, 0.15) is 22.6 Å². The van der Waals surface area contributed by atoms with Gasteiger partial charge in [0.15, 0.2) is 0 Å². The third-order valence-electron chi connectivity index (χ3n) is 5.65. The highest BCUT2D eigenvalue weighted by molar-refractivity contribution is 6.30. The Morgan fingerprint density at radius 2 is 1.70 bits per heavy atom. The van der Waals surface area contributed by atoms with Gasteiger partial charge in [0.2, 0.25) is 5.89 Å². The first-order valence-corrected chi connectivity index (χ1v) is 10.8. The molecule has 3 aromatic heterocycles. The SMILES string of the molecule is Cc1ccc(-c2nn3ccn(Cc4nc(-c5ccc(Cl)cc5)oc4C)c(=O)c3c2CO)cc1. The molecular formula is C25H21ClN4O3. The average molecular weight is 461 g/mol. The number of halogens is 1. The second-order valence-corrected chi connectivity index (χ2v) is 8.34. The number of aryl methyl sites for hydroxylation is 2. The van der Waals surface area contributed by atoms with E-state index in [2.05, 4.69) is 10.1 Å². The molecule has 0 aliphatic rings. The first-order chi connectivity index (χ1) is 15.9. The number of aliphatic hydroxyl groups is 1. The summed E-state index contributed by atoms with van der Waals surface area (Å²) in [4.78, 5) is 17.9. The summed E-state index contributed by atoms with van der Waals surface area (Å²) in [5, 5.41) is 15.3. The Morgan fingerprint density at radius 3 is 2.39 bits per heavy atom. The van der Waals surface area contributed by atoms with Crippen LogP contribution in [0.15, 0.2) is 70.1 Å². The first-order valence-electron chi connectivity index (χ1n) is 10.5. The normalized spacial score (nSPS) is 11.4. The highest BCUT2D eigenvalue weighted by Gasteiger charge is 2.19. The second-order valence-electron chi connectivity index (χ2n) is 7.90. The van der Waals surface area contributed by atoms with Crippen molar-refractivity contribution in [2.45, 2.75) is 27.0 Å². The maximum Gasteiger partial charge on any atom is 0.277 e. The van der Waals surface area contributed by atoms with Gasteiger partial charge in [-0.25, -0.2) is 9.50 Å². The minimum Gasteiger partial charge on any atom is -0.441 e. The van der Waals surface area contributed by atoms with Crippen LogP contribution in [0.25, 0.3) is 28.2 Å². The molecule has 0 spiro atoms. The van der Waals surface area contributed by atoms with E-state index in [-0.39, 0.29) is 18.7 Å². The highest BCUT2D eigenvalue weighted by atomic mass is 35.5. The Hall–Kier alpha value is -3.68. The maximum absolute atomic E-state index is 13.4. The third kappa shape index (κ3) is 3.86. The summed E-state index contributed by atoms with van der Waals surface area (Å²) in [5.41, 5.74) is 4.59. The van der Waals surface area contributed by atoms with Gasteiger partial charge in [-0.05, 0) is 38.1 Å². The summed E-state index contributed by atoms with van der Waals surface area (Å²) in [6.07, 6.45) is 3.38. The molecule has 7 nitrogen and oxygen atoms in total. The Morgan fingerprint density at radius 1 is 1.00 bits per heavy atom. The monoisotopic (exact) mass is 460 g/mol. The first kappa shape index (κ1) is 21.2. The molecule has 0 bridgehead atoms. The van der Waals surface area contributed by atoms with Crippen LogP contribution in [0.4, 0.5) is 0 Å². The number of hydrogen-bond donors (Lipinski definition) is 1. The lowest BCUT2D eigenvalue weighted by atomic mass is 10.1. The summed E-state index contributed by atoms with van der Waals surface area (Å²) in [6, 6.07) is 15.0. The smallest absolute Gasteiger partial charge is 0.277 e. The van der Waals surface area contributed by atoms with Gasteiger partial charge in [-0.3, -0.25) is 4.79 Å². The molecular weight excluding hydrogens is 440 g/mol. The standard InChI is InChI=1S/C25H21ClN4O3/c1-15-3-5-17(6-4-15)22-20(14-31)23-25(32)29(11-12-30(23)28-22)13-21-16(2)33-24(27-21)18-7-9-19(26)10-8-18/h3-12,31H,13-14H2,1-2H3. The summed E-state index contributed by atoms with van der Waals surface area (Å²) >= 11 is 5.97. The number of hydrogen-bond acceptors (Lipinski definition) is 5. The van der Waals surface area contributed by atoms with Crippen molar-refractivity contribution in [3.05, 3.63) is 98.9 Å². The number of aliphatic hydroxyl groups excluding tert-OH is 1. The lowest BCUT2D eigenvalue weighted by Gasteiger charge is -2.05. The second kappa shape index (κ2) is 8.35. The van der Waals surface area contributed by atoms with E-state index in [1.807, 2.05) is 50.2 Å². The minimum atomic E-state index is -0.296. The molecule has 5 rings (SSSR count). The Kier molecular flexibility index (Phi) is 5.36. The zero-order valence-electron chi connectivity index (χ0n) is 18.1. The Balaban J connectivity index is 1.55. The number of oxazole rings is 1. The molecule has 0 unspecified atom stereocenters. The van der Waals surface area contributed by atoms with Crippen LogP contribution < -0.4 is 5.56 Å². The van der Waals surface area contributed by atoms with Gasteiger partial charge in [-0.1, -0.05) is 41.4 Å². The van der Waals surface area contributed by atoms with Crippen LogP contribution in [0.2, 0.25) is 5.02 Å². The summed E-state index contributed by atoms with van der Waals surface area (Å²) in [6.45, 7) is 3.76. The van der Waals surface area contributed by atoms with Gasteiger partial charge >= 0.3 is 0 Å². The van der Waals surface area contributed by atoms with Gasteiger partial charge in [0, 0.05) is 34.1 Å². The fourth-order valence-electron chi connectivity index (χ4n) is 3.82. The topological polar surface area (TPSA) is 85.6 Å². The van der Waals surface area contributed by atoms with E-state index in [1.54, 1.807) is 29.1 Å². The Labute approximate surface area is 194 Å². The van der Waals surface area contributed by atoms with E-state index in [1.165, 1.54) is 4.52 Å². The van der Waals surface area contributed by atoms with E-state index in [4.69, 9.17) is 16.0 Å². The van der Waals surface area contributed by atoms with Crippen molar-refractivity contribution >= 4 is 17.1 Å². The minimum absolute atomic E-state index is 0.230. The average Bonchev–Trinajstić information content (AvgIpc) is 3.37. The van der Waals surface area contributed by atoms with Gasteiger partial charge < -0.3 is 14.1 Å². The molecule has 0 saturated carbocycles. The molecule has 1 N–H and O–H groups in total. The van der Waals surface area contributed by atoms with E-state index in [0.717, 1.165) is 16.7 Å². The van der Waals surface area contributed by atoms with Crippen LogP contribution in [0, 0.1) is 13.8 Å². The van der Waals surface area contributed by atoms with Gasteiger partial charge in [0.1, 0.15) is 17.0 Å².